The lowest BCUT2D eigenvalue weighted by Gasteiger charge is -2.23. The Kier molecular flexibility index (Phi) is 8.04. The summed E-state index contributed by atoms with van der Waals surface area (Å²) in [5.74, 6) is 3.25. The van der Waals surface area contributed by atoms with Crippen molar-refractivity contribution in [3.8, 4) is 11.5 Å². The number of likely N-dealkylation sites (N-methyl/N-ethyl adjacent to an activating group) is 1. The van der Waals surface area contributed by atoms with E-state index in [9.17, 15) is 0 Å². The van der Waals surface area contributed by atoms with Gasteiger partial charge >= 0.3 is 0 Å². The Hall–Kier alpha value is -1.95. The number of aliphatic imine (C=N–C) groups is 1. The van der Waals surface area contributed by atoms with Crippen molar-refractivity contribution in [2.75, 3.05) is 40.8 Å². The molecular formula is C20H34N4O2. The minimum absolute atomic E-state index is 0.0130. The number of methoxy groups -OCH3 is 1. The summed E-state index contributed by atoms with van der Waals surface area (Å²) in [6.07, 6.45) is 2.67. The van der Waals surface area contributed by atoms with Crippen molar-refractivity contribution >= 4 is 5.96 Å². The minimum Gasteiger partial charge on any atom is -0.497 e. The molecule has 146 valence electrons. The van der Waals surface area contributed by atoms with Crippen molar-refractivity contribution in [3.05, 3.63) is 24.3 Å². The first kappa shape index (κ1) is 20.4. The van der Waals surface area contributed by atoms with Gasteiger partial charge in [0.25, 0.3) is 0 Å². The molecule has 0 amide bonds. The molecule has 0 bridgehead atoms. The molecule has 2 rings (SSSR count). The number of ether oxygens (including phenoxy) is 2. The molecule has 2 atom stereocenters. The second kappa shape index (κ2) is 10.3. The van der Waals surface area contributed by atoms with E-state index in [4.69, 9.17) is 14.5 Å². The summed E-state index contributed by atoms with van der Waals surface area (Å²) >= 11 is 0. The van der Waals surface area contributed by atoms with E-state index in [2.05, 4.69) is 36.6 Å². The van der Waals surface area contributed by atoms with Gasteiger partial charge in [-0.15, -0.1) is 0 Å². The predicted molar refractivity (Wildman–Crippen MR) is 107 cm³/mol. The smallest absolute Gasteiger partial charge is 0.191 e. The minimum atomic E-state index is 0.0130. The van der Waals surface area contributed by atoms with Gasteiger partial charge < -0.3 is 25.0 Å². The van der Waals surface area contributed by atoms with Gasteiger partial charge in [0.1, 0.15) is 17.6 Å². The van der Waals surface area contributed by atoms with Crippen molar-refractivity contribution in [2.45, 2.75) is 38.8 Å². The van der Waals surface area contributed by atoms with Gasteiger partial charge in [0.2, 0.25) is 0 Å². The van der Waals surface area contributed by atoms with Gasteiger partial charge in [-0.1, -0.05) is 6.07 Å². The summed E-state index contributed by atoms with van der Waals surface area (Å²) < 4.78 is 11.2. The molecule has 6 heteroatoms. The van der Waals surface area contributed by atoms with Crippen LogP contribution in [-0.4, -0.2) is 63.8 Å². The van der Waals surface area contributed by atoms with Crippen LogP contribution in [0.3, 0.4) is 0 Å². The van der Waals surface area contributed by atoms with E-state index in [0.717, 1.165) is 36.5 Å². The lowest BCUT2D eigenvalue weighted by Crippen LogP contribution is -2.43. The van der Waals surface area contributed by atoms with E-state index in [0.29, 0.717) is 12.6 Å². The highest BCUT2D eigenvalue weighted by Gasteiger charge is 2.32. The van der Waals surface area contributed by atoms with E-state index >= 15 is 0 Å². The van der Waals surface area contributed by atoms with E-state index < -0.39 is 0 Å². The second-order valence-corrected chi connectivity index (χ2v) is 7.08. The number of hydrogen-bond donors (Lipinski definition) is 2. The molecule has 2 N–H and O–H groups in total. The first-order valence-corrected chi connectivity index (χ1v) is 9.52. The average molecular weight is 363 g/mol. The Morgan fingerprint density at radius 2 is 2.00 bits per heavy atom. The van der Waals surface area contributed by atoms with Crippen LogP contribution >= 0.6 is 0 Å². The van der Waals surface area contributed by atoms with Gasteiger partial charge in [-0.2, -0.15) is 0 Å². The highest BCUT2D eigenvalue weighted by Crippen LogP contribution is 2.34. The molecule has 26 heavy (non-hydrogen) atoms. The molecule has 0 heterocycles. The third-order valence-corrected chi connectivity index (χ3v) is 4.55. The first-order chi connectivity index (χ1) is 12.5. The summed E-state index contributed by atoms with van der Waals surface area (Å²) in [6, 6.07) is 8.20. The predicted octanol–water partition coefficient (Wildman–Crippen LogP) is 2.36. The van der Waals surface area contributed by atoms with Crippen LogP contribution in [0.5, 0.6) is 11.5 Å². The van der Waals surface area contributed by atoms with Crippen LogP contribution in [0.15, 0.2) is 29.3 Å². The zero-order valence-electron chi connectivity index (χ0n) is 16.8. The van der Waals surface area contributed by atoms with Crippen molar-refractivity contribution in [1.82, 2.24) is 15.5 Å². The van der Waals surface area contributed by atoms with Crippen molar-refractivity contribution in [1.29, 1.82) is 0 Å². The van der Waals surface area contributed by atoms with E-state index in [1.165, 1.54) is 12.8 Å². The highest BCUT2D eigenvalue weighted by molar-refractivity contribution is 5.79. The molecule has 6 nitrogen and oxygen atoms in total. The van der Waals surface area contributed by atoms with Gasteiger partial charge in [-0.3, -0.25) is 4.99 Å². The molecule has 0 aliphatic heterocycles. The van der Waals surface area contributed by atoms with Crippen LogP contribution in [0.25, 0.3) is 0 Å². The van der Waals surface area contributed by atoms with Crippen LogP contribution in [0, 0.1) is 5.92 Å². The summed E-state index contributed by atoms with van der Waals surface area (Å²) in [6.45, 7) is 6.46. The average Bonchev–Trinajstić information content (AvgIpc) is 3.44. The fourth-order valence-electron chi connectivity index (χ4n) is 2.93. The Balaban J connectivity index is 1.85. The van der Waals surface area contributed by atoms with E-state index in [-0.39, 0.29) is 6.10 Å². The van der Waals surface area contributed by atoms with Crippen LogP contribution in [-0.2, 0) is 0 Å². The lowest BCUT2D eigenvalue weighted by atomic mass is 10.2. The summed E-state index contributed by atoms with van der Waals surface area (Å²) in [5, 5.41) is 6.71. The van der Waals surface area contributed by atoms with Crippen molar-refractivity contribution < 1.29 is 9.47 Å². The molecule has 2 unspecified atom stereocenters. The van der Waals surface area contributed by atoms with Crippen molar-refractivity contribution in [2.24, 2.45) is 10.9 Å². The van der Waals surface area contributed by atoms with Gasteiger partial charge in [0.15, 0.2) is 5.96 Å². The molecular weight excluding hydrogens is 328 g/mol. The van der Waals surface area contributed by atoms with Crippen LogP contribution in [0.2, 0.25) is 0 Å². The second-order valence-electron chi connectivity index (χ2n) is 7.08. The quantitative estimate of drug-likeness (QED) is 0.494. The fourth-order valence-corrected chi connectivity index (χ4v) is 2.93. The molecule has 1 aliphatic carbocycles. The molecule has 0 saturated heterocycles. The third-order valence-electron chi connectivity index (χ3n) is 4.55. The zero-order valence-corrected chi connectivity index (χ0v) is 16.8. The molecule has 0 radical (unpaired) electrons. The molecule has 1 aromatic rings. The number of nitrogens with zero attached hydrogens (tertiary/aromatic N) is 2. The number of nitrogens with one attached hydrogen (secondary N) is 2. The molecule has 1 saturated carbocycles. The number of hydrogen-bond acceptors (Lipinski definition) is 4. The van der Waals surface area contributed by atoms with Gasteiger partial charge in [0, 0.05) is 18.7 Å². The van der Waals surface area contributed by atoms with E-state index in [1.807, 2.05) is 31.2 Å². The van der Waals surface area contributed by atoms with Crippen LogP contribution in [0.4, 0.5) is 0 Å². The molecule has 1 fully saturated rings. The molecule has 1 aliphatic rings. The maximum absolute atomic E-state index is 5.96. The Bertz CT molecular complexity index is 571. The zero-order chi connectivity index (χ0) is 18.9. The van der Waals surface area contributed by atoms with Crippen LogP contribution < -0.4 is 20.1 Å². The van der Waals surface area contributed by atoms with E-state index in [1.54, 1.807) is 7.11 Å². The largest absolute Gasteiger partial charge is 0.497 e. The van der Waals surface area contributed by atoms with Crippen LogP contribution in [0.1, 0.15) is 26.7 Å². The molecule has 0 aromatic heterocycles. The number of guanidine groups is 1. The highest BCUT2D eigenvalue weighted by atomic mass is 16.5. The van der Waals surface area contributed by atoms with Gasteiger partial charge in [-0.25, -0.2) is 0 Å². The fraction of sp³-hybridized carbons (Fsp3) is 0.650. The molecule has 0 spiro atoms. The lowest BCUT2D eigenvalue weighted by molar-refractivity contribution is 0.222. The SMILES string of the molecule is CCNC(=NCC(C1CC1)N(C)C)NCC(C)Oc1cccc(OC)c1. The summed E-state index contributed by atoms with van der Waals surface area (Å²) in [4.78, 5) is 7.07. The first-order valence-electron chi connectivity index (χ1n) is 9.52. The normalized spacial score (nSPS) is 16.9. The monoisotopic (exact) mass is 362 g/mol. The Morgan fingerprint density at radius 1 is 1.27 bits per heavy atom. The third kappa shape index (κ3) is 6.75. The standard InChI is InChI=1S/C20H34N4O2/c1-6-21-20(23-14-19(24(3)4)16-10-11-16)22-13-15(2)26-18-9-7-8-17(12-18)25-5/h7-9,12,15-16,19H,6,10-11,13-14H2,1-5H3,(H2,21,22,23). The Morgan fingerprint density at radius 3 is 2.62 bits per heavy atom. The van der Waals surface area contributed by atoms with Gasteiger partial charge in [0.05, 0.1) is 20.2 Å². The maximum atomic E-state index is 5.96. The van der Waals surface area contributed by atoms with Crippen molar-refractivity contribution in [3.63, 3.8) is 0 Å². The summed E-state index contributed by atoms with van der Waals surface area (Å²) in [5.41, 5.74) is 0. The molecule has 1 aromatic carbocycles. The van der Waals surface area contributed by atoms with Gasteiger partial charge in [-0.05, 0) is 58.8 Å². The Labute approximate surface area is 158 Å². The maximum Gasteiger partial charge on any atom is 0.191 e. The summed E-state index contributed by atoms with van der Waals surface area (Å²) in [7, 11) is 5.94. The topological polar surface area (TPSA) is 58.1 Å². The number of rotatable bonds is 10. The number of benzene rings is 1.